The zero-order chi connectivity index (χ0) is 6.48. The Bertz CT molecular complexity index is 127. The van der Waals surface area contributed by atoms with E-state index in [1.165, 1.54) is 0 Å². The lowest BCUT2D eigenvalue weighted by Gasteiger charge is -2.42. The van der Waals surface area contributed by atoms with Crippen LogP contribution in [-0.2, 0) is 0 Å². The fourth-order valence-corrected chi connectivity index (χ4v) is 2.09. The highest BCUT2D eigenvalue weighted by Gasteiger charge is 2.54. The quantitative estimate of drug-likeness (QED) is 0.492. The van der Waals surface area contributed by atoms with Gasteiger partial charge in [0.1, 0.15) is 0 Å². The Morgan fingerprint density at radius 3 is 2.22 bits per heavy atom. The zero-order valence-electron chi connectivity index (χ0n) is 5.38. The average molecular weight is 128 g/mol. The summed E-state index contributed by atoms with van der Waals surface area (Å²) in [6, 6.07) is 0. The van der Waals surface area contributed by atoms with Gasteiger partial charge in [0, 0.05) is 0 Å². The van der Waals surface area contributed by atoms with Crippen molar-refractivity contribution in [3.8, 4) is 0 Å². The molecule has 0 radical (unpaired) electrons. The monoisotopic (exact) mass is 128 g/mol. The maximum absolute atomic E-state index is 9.57. The van der Waals surface area contributed by atoms with Gasteiger partial charge in [-0.2, -0.15) is 0 Å². The van der Waals surface area contributed by atoms with Gasteiger partial charge in [-0.05, 0) is 31.6 Å². The van der Waals surface area contributed by atoms with Crippen LogP contribution in [0, 0.1) is 5.92 Å². The summed E-state index contributed by atoms with van der Waals surface area (Å²) >= 11 is 0. The molecule has 0 saturated heterocycles. The van der Waals surface area contributed by atoms with Crippen LogP contribution in [0.5, 0.6) is 0 Å². The van der Waals surface area contributed by atoms with Crippen LogP contribution >= 0.6 is 0 Å². The van der Waals surface area contributed by atoms with Gasteiger partial charge in [0.25, 0.3) is 0 Å². The number of fused-ring (bicyclic) bond motifs is 1. The number of hydrogen-bond donors (Lipinski definition) is 2. The Balaban J connectivity index is 2.18. The van der Waals surface area contributed by atoms with E-state index in [0.29, 0.717) is 5.92 Å². The van der Waals surface area contributed by atoms with Crippen LogP contribution in [0.4, 0.5) is 0 Å². The molecular formula is C7H12O2. The Labute approximate surface area is 54.5 Å². The molecule has 2 heteroatoms. The molecule has 0 aliphatic heterocycles. The van der Waals surface area contributed by atoms with E-state index >= 15 is 0 Å². The second kappa shape index (κ2) is 1.50. The molecule has 3 atom stereocenters. The molecule has 9 heavy (non-hydrogen) atoms. The number of aliphatic hydroxyl groups excluding tert-OH is 1. The molecule has 0 heterocycles. The summed E-state index contributed by atoms with van der Waals surface area (Å²) in [7, 11) is 0. The Hall–Kier alpha value is -0.0800. The predicted molar refractivity (Wildman–Crippen MR) is 32.9 cm³/mol. The van der Waals surface area contributed by atoms with Gasteiger partial charge in [0.2, 0.25) is 0 Å². The van der Waals surface area contributed by atoms with E-state index in [0.717, 1.165) is 25.7 Å². The molecule has 3 unspecified atom stereocenters. The normalized spacial score (nSPS) is 56.7. The first-order chi connectivity index (χ1) is 4.23. The lowest BCUT2D eigenvalue weighted by Crippen LogP contribution is -2.50. The minimum absolute atomic E-state index is 0.420. The first-order valence-electron chi connectivity index (χ1n) is 3.64. The topological polar surface area (TPSA) is 40.5 Å². The molecule has 2 aliphatic rings. The summed E-state index contributed by atoms with van der Waals surface area (Å²) in [4.78, 5) is 0. The third kappa shape index (κ3) is 0.528. The third-order valence-electron chi connectivity index (χ3n) is 2.97. The molecule has 0 bridgehead atoms. The van der Waals surface area contributed by atoms with Crippen molar-refractivity contribution in [3.05, 3.63) is 0 Å². The van der Waals surface area contributed by atoms with Gasteiger partial charge >= 0.3 is 0 Å². The van der Waals surface area contributed by atoms with E-state index in [9.17, 15) is 10.2 Å². The van der Waals surface area contributed by atoms with Crippen molar-refractivity contribution in [2.75, 3.05) is 0 Å². The van der Waals surface area contributed by atoms with Crippen LogP contribution in [0.3, 0.4) is 0 Å². The fraction of sp³-hybridized carbons (Fsp3) is 1.00. The van der Waals surface area contributed by atoms with Crippen molar-refractivity contribution in [1.29, 1.82) is 0 Å². The van der Waals surface area contributed by atoms with Crippen molar-refractivity contribution in [2.24, 2.45) is 5.92 Å². The average Bonchev–Trinajstić information content (AvgIpc) is 1.96. The van der Waals surface area contributed by atoms with Gasteiger partial charge in [-0.3, -0.25) is 0 Å². The number of aliphatic hydroxyl groups is 2. The van der Waals surface area contributed by atoms with Crippen LogP contribution in [0.2, 0.25) is 0 Å². The summed E-state index contributed by atoms with van der Waals surface area (Å²) in [6.07, 6.45) is 3.35. The fourth-order valence-electron chi connectivity index (χ4n) is 2.09. The van der Waals surface area contributed by atoms with Crippen LogP contribution in [0.25, 0.3) is 0 Å². The lowest BCUT2D eigenvalue weighted by molar-refractivity contribution is -0.135. The van der Waals surface area contributed by atoms with Crippen LogP contribution in [0.15, 0.2) is 0 Å². The Kier molecular flexibility index (Phi) is 0.945. The highest BCUT2D eigenvalue weighted by molar-refractivity contribution is 5.06. The predicted octanol–water partition coefficient (Wildman–Crippen LogP) is 0.282. The van der Waals surface area contributed by atoms with Gasteiger partial charge in [0.15, 0.2) is 0 Å². The smallest absolute Gasteiger partial charge is 0.0933 e. The third-order valence-corrected chi connectivity index (χ3v) is 2.97. The Morgan fingerprint density at radius 2 is 2.00 bits per heavy atom. The summed E-state index contributed by atoms with van der Waals surface area (Å²) in [6.45, 7) is 0. The molecule has 2 N–H and O–H groups in total. The van der Waals surface area contributed by atoms with Gasteiger partial charge in [0.05, 0.1) is 11.7 Å². The molecule has 0 aromatic rings. The first kappa shape index (κ1) is 5.69. The van der Waals surface area contributed by atoms with Crippen molar-refractivity contribution >= 4 is 0 Å². The maximum Gasteiger partial charge on any atom is 0.0933 e. The van der Waals surface area contributed by atoms with Crippen molar-refractivity contribution in [2.45, 2.75) is 37.4 Å². The molecule has 2 saturated carbocycles. The molecule has 2 fully saturated rings. The van der Waals surface area contributed by atoms with Gasteiger partial charge < -0.3 is 10.2 Å². The summed E-state index contributed by atoms with van der Waals surface area (Å²) in [5.41, 5.74) is -0.653. The van der Waals surface area contributed by atoms with E-state index in [-0.39, 0.29) is 0 Å². The molecular weight excluding hydrogens is 116 g/mol. The maximum atomic E-state index is 9.57. The molecule has 52 valence electrons. The summed E-state index contributed by atoms with van der Waals surface area (Å²) in [5, 5.41) is 18.8. The molecule has 2 nitrogen and oxygen atoms in total. The molecule has 0 spiro atoms. The zero-order valence-corrected chi connectivity index (χ0v) is 5.38. The van der Waals surface area contributed by atoms with Crippen LogP contribution in [-0.4, -0.2) is 21.9 Å². The van der Waals surface area contributed by atoms with E-state index in [1.54, 1.807) is 0 Å². The van der Waals surface area contributed by atoms with Crippen LogP contribution in [0.1, 0.15) is 25.7 Å². The molecule has 0 amide bonds. The second-order valence-corrected chi connectivity index (χ2v) is 3.32. The summed E-state index contributed by atoms with van der Waals surface area (Å²) in [5.74, 6) is 0.424. The highest BCUT2D eigenvalue weighted by Crippen LogP contribution is 2.50. The van der Waals surface area contributed by atoms with E-state index in [1.807, 2.05) is 0 Å². The number of rotatable bonds is 0. The SMILES string of the molecule is OC1CCC2CCC12O. The second-order valence-electron chi connectivity index (χ2n) is 3.32. The summed E-state index contributed by atoms with van der Waals surface area (Å²) < 4.78 is 0. The molecule has 2 aliphatic carbocycles. The molecule has 2 rings (SSSR count). The minimum atomic E-state index is -0.653. The first-order valence-corrected chi connectivity index (χ1v) is 3.64. The largest absolute Gasteiger partial charge is 0.390 e. The van der Waals surface area contributed by atoms with Crippen molar-refractivity contribution < 1.29 is 10.2 Å². The molecule has 0 aromatic heterocycles. The van der Waals surface area contributed by atoms with E-state index in [2.05, 4.69) is 0 Å². The standard InChI is InChI=1S/C7H12O2/c8-6-2-1-5-3-4-7(5,6)9/h5-6,8-9H,1-4H2. The van der Waals surface area contributed by atoms with Crippen LogP contribution < -0.4 is 0 Å². The van der Waals surface area contributed by atoms with E-state index < -0.39 is 11.7 Å². The highest BCUT2D eigenvalue weighted by atomic mass is 16.3. The lowest BCUT2D eigenvalue weighted by atomic mass is 9.71. The number of hydrogen-bond acceptors (Lipinski definition) is 2. The van der Waals surface area contributed by atoms with Crippen molar-refractivity contribution in [3.63, 3.8) is 0 Å². The van der Waals surface area contributed by atoms with Gasteiger partial charge in [-0.25, -0.2) is 0 Å². The van der Waals surface area contributed by atoms with Gasteiger partial charge in [-0.15, -0.1) is 0 Å². The van der Waals surface area contributed by atoms with Gasteiger partial charge in [-0.1, -0.05) is 0 Å². The Morgan fingerprint density at radius 1 is 1.22 bits per heavy atom. The molecule has 0 aromatic carbocycles. The minimum Gasteiger partial charge on any atom is -0.390 e. The van der Waals surface area contributed by atoms with E-state index in [4.69, 9.17) is 0 Å². The van der Waals surface area contributed by atoms with Crippen molar-refractivity contribution in [1.82, 2.24) is 0 Å².